The number of aryl methyl sites for hydroxylation is 2. The largest absolute Gasteiger partial charge is 0.487 e. The summed E-state index contributed by atoms with van der Waals surface area (Å²) in [5.41, 5.74) is 4.10. The van der Waals surface area contributed by atoms with Gasteiger partial charge in [-0.3, -0.25) is 4.98 Å². The number of aromatic nitrogens is 1. The monoisotopic (exact) mass is 281 g/mol. The van der Waals surface area contributed by atoms with Crippen LogP contribution in [0, 0.1) is 25.7 Å². The third-order valence-electron chi connectivity index (χ3n) is 3.15. The van der Waals surface area contributed by atoms with Crippen LogP contribution in [0.1, 0.15) is 28.8 Å². The van der Waals surface area contributed by atoms with Crippen LogP contribution >= 0.6 is 0 Å². The summed E-state index contributed by atoms with van der Waals surface area (Å²) in [4.78, 5) is 4.31. The van der Waals surface area contributed by atoms with Gasteiger partial charge in [-0.1, -0.05) is 17.9 Å². The molecule has 3 heteroatoms. The molecule has 0 aliphatic rings. The Labute approximate surface area is 125 Å². The van der Waals surface area contributed by atoms with Crippen molar-refractivity contribution in [1.29, 1.82) is 0 Å². The molecule has 1 aromatic carbocycles. The average Bonchev–Trinajstić information content (AvgIpc) is 2.49. The molecule has 1 N–H and O–H groups in total. The Bertz CT molecular complexity index is 668. The molecule has 0 saturated carbocycles. The second-order valence-corrected chi connectivity index (χ2v) is 4.81. The van der Waals surface area contributed by atoms with E-state index in [4.69, 9.17) is 9.84 Å². The molecular weight excluding hydrogens is 262 g/mol. The highest BCUT2D eigenvalue weighted by Gasteiger charge is 2.02. The molecule has 1 aromatic heterocycles. The Morgan fingerprint density at radius 1 is 1.19 bits per heavy atom. The maximum absolute atomic E-state index is 8.73. The van der Waals surface area contributed by atoms with Gasteiger partial charge in [-0.25, -0.2) is 0 Å². The first-order valence-electron chi connectivity index (χ1n) is 6.94. The van der Waals surface area contributed by atoms with Crippen LogP contribution in [0.15, 0.2) is 36.5 Å². The van der Waals surface area contributed by atoms with E-state index >= 15 is 0 Å². The summed E-state index contributed by atoms with van der Waals surface area (Å²) in [6, 6.07) is 9.77. The van der Waals surface area contributed by atoms with E-state index in [0.29, 0.717) is 13.0 Å². The molecule has 0 fully saturated rings. The number of pyridine rings is 1. The molecule has 0 bridgehead atoms. The van der Waals surface area contributed by atoms with Crippen LogP contribution < -0.4 is 4.74 Å². The van der Waals surface area contributed by atoms with Crippen molar-refractivity contribution in [1.82, 2.24) is 4.98 Å². The molecule has 0 unspecified atom stereocenters. The SMILES string of the molecule is Cc1cc(OCc2ncccc2C)ccc1C#CCCO. The van der Waals surface area contributed by atoms with Crippen molar-refractivity contribution in [2.24, 2.45) is 0 Å². The van der Waals surface area contributed by atoms with Crippen molar-refractivity contribution in [3.8, 4) is 17.6 Å². The lowest BCUT2D eigenvalue weighted by atomic mass is 10.1. The lowest BCUT2D eigenvalue weighted by molar-refractivity contribution is 0.300. The van der Waals surface area contributed by atoms with Gasteiger partial charge in [0.2, 0.25) is 0 Å². The summed E-state index contributed by atoms with van der Waals surface area (Å²) in [5, 5.41) is 8.73. The van der Waals surface area contributed by atoms with Crippen LogP contribution in [0.5, 0.6) is 5.75 Å². The minimum atomic E-state index is 0.0939. The topological polar surface area (TPSA) is 42.4 Å². The second kappa shape index (κ2) is 7.47. The average molecular weight is 281 g/mol. The van der Waals surface area contributed by atoms with Gasteiger partial charge < -0.3 is 9.84 Å². The fourth-order valence-corrected chi connectivity index (χ4v) is 1.90. The smallest absolute Gasteiger partial charge is 0.130 e. The molecule has 2 aromatic rings. The van der Waals surface area contributed by atoms with Crippen molar-refractivity contribution < 1.29 is 9.84 Å². The molecule has 1 heterocycles. The highest BCUT2D eigenvalue weighted by atomic mass is 16.5. The van der Waals surface area contributed by atoms with Crippen LogP contribution in [-0.4, -0.2) is 16.7 Å². The number of benzene rings is 1. The van der Waals surface area contributed by atoms with Gasteiger partial charge >= 0.3 is 0 Å². The Morgan fingerprint density at radius 2 is 2.05 bits per heavy atom. The summed E-state index contributed by atoms with van der Waals surface area (Å²) in [6.45, 7) is 4.58. The maximum atomic E-state index is 8.73. The molecule has 0 aliphatic carbocycles. The molecule has 21 heavy (non-hydrogen) atoms. The van der Waals surface area contributed by atoms with E-state index in [-0.39, 0.29) is 6.61 Å². The highest BCUT2D eigenvalue weighted by molar-refractivity contribution is 5.44. The molecule has 0 aliphatic heterocycles. The number of hydrogen-bond acceptors (Lipinski definition) is 3. The van der Waals surface area contributed by atoms with Gasteiger partial charge in [0, 0.05) is 18.2 Å². The molecule has 2 rings (SSSR count). The quantitative estimate of drug-likeness (QED) is 0.876. The zero-order valence-electron chi connectivity index (χ0n) is 12.4. The number of ether oxygens (including phenoxy) is 1. The Balaban J connectivity index is 2.04. The van der Waals surface area contributed by atoms with Crippen molar-refractivity contribution in [3.63, 3.8) is 0 Å². The van der Waals surface area contributed by atoms with Crippen molar-refractivity contribution in [3.05, 3.63) is 58.9 Å². The standard InChI is InChI=1S/C18H19NO2/c1-14-6-5-10-19-18(14)13-21-17-9-8-16(15(2)12-17)7-3-4-11-20/h5-6,8-10,12,20H,4,11,13H2,1-2H3. The van der Waals surface area contributed by atoms with E-state index in [2.05, 4.69) is 16.8 Å². The van der Waals surface area contributed by atoms with E-state index < -0.39 is 0 Å². The Kier molecular flexibility index (Phi) is 5.36. The fraction of sp³-hybridized carbons (Fsp3) is 0.278. The molecule has 0 atom stereocenters. The summed E-state index contributed by atoms with van der Waals surface area (Å²) < 4.78 is 5.78. The van der Waals surface area contributed by atoms with E-state index in [9.17, 15) is 0 Å². The van der Waals surface area contributed by atoms with E-state index in [1.54, 1.807) is 6.20 Å². The fourth-order valence-electron chi connectivity index (χ4n) is 1.90. The summed E-state index contributed by atoms with van der Waals surface area (Å²) in [6.07, 6.45) is 2.27. The van der Waals surface area contributed by atoms with Crippen LogP contribution in [-0.2, 0) is 6.61 Å². The van der Waals surface area contributed by atoms with Crippen molar-refractivity contribution in [2.75, 3.05) is 6.61 Å². The molecule has 108 valence electrons. The number of nitrogens with zero attached hydrogens (tertiary/aromatic N) is 1. The normalized spacial score (nSPS) is 9.86. The van der Waals surface area contributed by atoms with Crippen LogP contribution in [0.4, 0.5) is 0 Å². The highest BCUT2D eigenvalue weighted by Crippen LogP contribution is 2.18. The van der Waals surface area contributed by atoms with Crippen molar-refractivity contribution in [2.45, 2.75) is 26.9 Å². The maximum Gasteiger partial charge on any atom is 0.130 e. The van der Waals surface area contributed by atoms with Crippen molar-refractivity contribution >= 4 is 0 Å². The van der Waals surface area contributed by atoms with Gasteiger partial charge in [0.15, 0.2) is 0 Å². The summed E-state index contributed by atoms with van der Waals surface area (Å²) in [7, 11) is 0. The number of rotatable bonds is 4. The van der Waals surface area contributed by atoms with Gasteiger partial charge in [-0.05, 0) is 49.2 Å². The first kappa shape index (κ1) is 15.1. The van der Waals surface area contributed by atoms with Crippen LogP contribution in [0.25, 0.3) is 0 Å². The second-order valence-electron chi connectivity index (χ2n) is 4.81. The molecular formula is C18H19NO2. The van der Waals surface area contributed by atoms with Gasteiger partial charge in [0.1, 0.15) is 12.4 Å². The summed E-state index contributed by atoms with van der Waals surface area (Å²) >= 11 is 0. The Hall–Kier alpha value is -2.31. The summed E-state index contributed by atoms with van der Waals surface area (Å²) in [5.74, 6) is 6.78. The minimum Gasteiger partial charge on any atom is -0.487 e. The van der Waals surface area contributed by atoms with Gasteiger partial charge in [-0.15, -0.1) is 0 Å². The molecule has 0 spiro atoms. The Morgan fingerprint density at radius 3 is 2.76 bits per heavy atom. The van der Waals surface area contributed by atoms with E-state index in [1.807, 2.05) is 44.2 Å². The molecule has 0 saturated heterocycles. The van der Waals surface area contributed by atoms with Gasteiger partial charge in [0.25, 0.3) is 0 Å². The van der Waals surface area contributed by atoms with Gasteiger partial charge in [-0.2, -0.15) is 0 Å². The number of aliphatic hydroxyl groups is 1. The minimum absolute atomic E-state index is 0.0939. The lowest BCUT2D eigenvalue weighted by Crippen LogP contribution is -2.00. The predicted octanol–water partition coefficient (Wildman–Crippen LogP) is 3.01. The number of hydrogen-bond donors (Lipinski definition) is 1. The lowest BCUT2D eigenvalue weighted by Gasteiger charge is -2.09. The first-order chi connectivity index (χ1) is 10.2. The van der Waals surface area contributed by atoms with E-state index in [1.165, 1.54) is 0 Å². The zero-order valence-corrected chi connectivity index (χ0v) is 12.4. The third-order valence-corrected chi connectivity index (χ3v) is 3.15. The predicted molar refractivity (Wildman–Crippen MR) is 83.1 cm³/mol. The zero-order chi connectivity index (χ0) is 15.1. The third kappa shape index (κ3) is 4.34. The van der Waals surface area contributed by atoms with Crippen LogP contribution in [0.3, 0.4) is 0 Å². The molecule has 0 radical (unpaired) electrons. The van der Waals surface area contributed by atoms with Gasteiger partial charge in [0.05, 0.1) is 12.3 Å². The first-order valence-corrected chi connectivity index (χ1v) is 6.94. The van der Waals surface area contributed by atoms with E-state index in [0.717, 1.165) is 28.1 Å². The molecule has 3 nitrogen and oxygen atoms in total. The van der Waals surface area contributed by atoms with Crippen LogP contribution in [0.2, 0.25) is 0 Å². The number of aliphatic hydroxyl groups excluding tert-OH is 1. The molecule has 0 amide bonds.